The molecule has 4 nitrogen and oxygen atoms in total. The van der Waals surface area contributed by atoms with Crippen molar-refractivity contribution in [2.45, 2.75) is 19.0 Å². The third kappa shape index (κ3) is 2.61. The molecule has 1 fully saturated rings. The number of nitrogens with one attached hydrogen (secondary N) is 1. The smallest absolute Gasteiger partial charge is 0.408 e. The second-order valence-electron chi connectivity index (χ2n) is 3.91. The van der Waals surface area contributed by atoms with Crippen LogP contribution in [0.3, 0.4) is 0 Å². The van der Waals surface area contributed by atoms with Gasteiger partial charge < -0.3 is 10.4 Å². The predicted octanol–water partition coefficient (Wildman–Crippen LogP) is 2.99. The van der Waals surface area contributed by atoms with Gasteiger partial charge >= 0.3 is 6.09 Å². The zero-order valence-electron chi connectivity index (χ0n) is 8.99. The summed E-state index contributed by atoms with van der Waals surface area (Å²) in [5.41, 5.74) is 0.620. The summed E-state index contributed by atoms with van der Waals surface area (Å²) in [7, 11) is 0. The fraction of sp³-hybridized carbons (Fsp3) is 0.364. The van der Waals surface area contributed by atoms with E-state index in [0.29, 0.717) is 12.2 Å². The van der Waals surface area contributed by atoms with Crippen LogP contribution >= 0.6 is 11.6 Å². The van der Waals surface area contributed by atoms with E-state index in [1.807, 2.05) is 0 Å². The van der Waals surface area contributed by atoms with Gasteiger partial charge in [0.2, 0.25) is 0 Å². The Hall–Kier alpha value is -1.49. The van der Waals surface area contributed by atoms with E-state index in [1.54, 1.807) is 6.07 Å². The maximum Gasteiger partial charge on any atom is 0.408 e. The number of likely N-dealkylation sites (tertiary alicyclic amines) is 1. The quantitative estimate of drug-likeness (QED) is 0.857. The number of carboxylic acid groups (broad SMARTS) is 1. The Balaban J connectivity index is 2.09. The maximum absolute atomic E-state index is 13.0. The summed E-state index contributed by atoms with van der Waals surface area (Å²) in [6.07, 6.45) is 0.336. The van der Waals surface area contributed by atoms with Crippen LogP contribution in [0.5, 0.6) is 0 Å². The fourth-order valence-electron chi connectivity index (χ4n) is 1.92. The first-order valence-corrected chi connectivity index (χ1v) is 5.67. The van der Waals surface area contributed by atoms with Crippen molar-refractivity contribution in [2.75, 3.05) is 11.9 Å². The van der Waals surface area contributed by atoms with E-state index in [0.717, 1.165) is 12.8 Å². The Kier molecular flexibility index (Phi) is 3.38. The molecular weight excluding hydrogens is 247 g/mol. The molecule has 1 aliphatic rings. The van der Waals surface area contributed by atoms with Crippen LogP contribution in [0.1, 0.15) is 12.8 Å². The molecule has 0 aromatic heterocycles. The summed E-state index contributed by atoms with van der Waals surface area (Å²) < 4.78 is 13.0. The highest BCUT2D eigenvalue weighted by Gasteiger charge is 2.28. The van der Waals surface area contributed by atoms with Gasteiger partial charge in [-0.2, -0.15) is 0 Å². The van der Waals surface area contributed by atoms with Crippen LogP contribution in [-0.4, -0.2) is 28.8 Å². The molecule has 0 radical (unpaired) electrons. The van der Waals surface area contributed by atoms with E-state index in [4.69, 9.17) is 16.7 Å². The fourth-order valence-corrected chi connectivity index (χ4v) is 2.10. The molecule has 0 spiro atoms. The number of rotatable bonds is 2. The van der Waals surface area contributed by atoms with Gasteiger partial charge in [-0.15, -0.1) is 0 Å². The number of hydrogen-bond acceptors (Lipinski definition) is 2. The normalized spacial score (nSPS) is 19.4. The lowest BCUT2D eigenvalue weighted by Crippen LogP contribution is -2.39. The molecule has 17 heavy (non-hydrogen) atoms. The number of nitrogens with zero attached hydrogens (tertiary/aromatic N) is 1. The molecule has 0 saturated carbocycles. The number of halogens is 2. The number of hydrogen-bond donors (Lipinski definition) is 2. The molecule has 0 aliphatic carbocycles. The van der Waals surface area contributed by atoms with Crippen LogP contribution in [0.4, 0.5) is 14.9 Å². The van der Waals surface area contributed by atoms with Crippen molar-refractivity contribution >= 4 is 23.4 Å². The summed E-state index contributed by atoms with van der Waals surface area (Å²) in [4.78, 5) is 12.3. The molecule has 0 unspecified atom stereocenters. The van der Waals surface area contributed by atoms with Gasteiger partial charge in [0, 0.05) is 12.2 Å². The predicted molar refractivity (Wildman–Crippen MR) is 62.8 cm³/mol. The number of amides is 1. The third-order valence-corrected chi connectivity index (χ3v) is 3.04. The molecule has 6 heteroatoms. The maximum atomic E-state index is 13.0. The van der Waals surface area contributed by atoms with Gasteiger partial charge in [-0.1, -0.05) is 11.6 Å². The number of benzene rings is 1. The Morgan fingerprint density at radius 1 is 1.59 bits per heavy atom. The average Bonchev–Trinajstić information content (AvgIpc) is 2.72. The van der Waals surface area contributed by atoms with Crippen molar-refractivity contribution in [1.29, 1.82) is 0 Å². The summed E-state index contributed by atoms with van der Waals surface area (Å²) >= 11 is 5.65. The lowest BCUT2D eigenvalue weighted by Gasteiger charge is -2.23. The summed E-state index contributed by atoms with van der Waals surface area (Å²) in [6, 6.07) is 4.25. The molecule has 1 amide bonds. The van der Waals surface area contributed by atoms with Gasteiger partial charge in [0.25, 0.3) is 0 Å². The van der Waals surface area contributed by atoms with Crippen molar-refractivity contribution in [2.24, 2.45) is 0 Å². The molecule has 1 aliphatic heterocycles. The van der Waals surface area contributed by atoms with E-state index in [9.17, 15) is 9.18 Å². The molecule has 1 saturated heterocycles. The van der Waals surface area contributed by atoms with Gasteiger partial charge in [0.15, 0.2) is 0 Å². The van der Waals surface area contributed by atoms with E-state index < -0.39 is 11.9 Å². The van der Waals surface area contributed by atoms with E-state index in [2.05, 4.69) is 5.32 Å². The molecule has 1 aromatic rings. The first-order valence-electron chi connectivity index (χ1n) is 5.29. The first-order chi connectivity index (χ1) is 8.08. The Morgan fingerprint density at radius 3 is 3.00 bits per heavy atom. The summed E-state index contributed by atoms with van der Waals surface area (Å²) in [5, 5.41) is 12.0. The average molecular weight is 259 g/mol. The van der Waals surface area contributed by atoms with Gasteiger partial charge in [0.1, 0.15) is 12.0 Å². The molecule has 2 rings (SSSR count). The first kappa shape index (κ1) is 12.0. The van der Waals surface area contributed by atoms with Gasteiger partial charge in [-0.05, 0) is 31.0 Å². The minimum absolute atomic E-state index is 0.0230. The van der Waals surface area contributed by atoms with Crippen molar-refractivity contribution in [3.63, 3.8) is 0 Å². The second-order valence-corrected chi connectivity index (χ2v) is 4.31. The Labute approximate surface area is 103 Å². The molecule has 92 valence electrons. The number of carbonyl (C=O) groups is 1. The van der Waals surface area contributed by atoms with Crippen molar-refractivity contribution in [3.8, 4) is 0 Å². The molecule has 2 N–H and O–H groups in total. The summed E-state index contributed by atoms with van der Waals surface area (Å²) in [5.74, 6) is -0.487. The minimum atomic E-state index is -0.951. The lowest BCUT2D eigenvalue weighted by molar-refractivity contribution is 0.144. The van der Waals surface area contributed by atoms with Crippen LogP contribution in [0.2, 0.25) is 5.02 Å². The van der Waals surface area contributed by atoms with Gasteiger partial charge in [-0.25, -0.2) is 9.18 Å². The highest BCUT2D eigenvalue weighted by molar-refractivity contribution is 6.31. The zero-order valence-corrected chi connectivity index (χ0v) is 9.75. The van der Waals surface area contributed by atoms with E-state index in [1.165, 1.54) is 17.0 Å². The Bertz CT molecular complexity index is 441. The molecule has 1 heterocycles. The standard InChI is InChI=1S/C11H12ClFN2O2/c12-8-6-7(3-4-9(8)13)14-10-2-1-5-15(10)11(16)17/h3-4,6,10,14H,1-2,5H2,(H,16,17)/t10-/m0/s1. The molecule has 1 aromatic carbocycles. The largest absolute Gasteiger partial charge is 0.465 e. The van der Waals surface area contributed by atoms with Crippen LogP contribution in [-0.2, 0) is 0 Å². The van der Waals surface area contributed by atoms with E-state index in [-0.39, 0.29) is 11.2 Å². The highest BCUT2D eigenvalue weighted by atomic mass is 35.5. The summed E-state index contributed by atoms with van der Waals surface area (Å²) in [6.45, 7) is 0.516. The van der Waals surface area contributed by atoms with Crippen LogP contribution in [0.25, 0.3) is 0 Å². The van der Waals surface area contributed by atoms with E-state index >= 15 is 0 Å². The van der Waals surface area contributed by atoms with Gasteiger partial charge in [-0.3, -0.25) is 4.90 Å². The monoisotopic (exact) mass is 258 g/mol. The van der Waals surface area contributed by atoms with Crippen molar-refractivity contribution in [3.05, 3.63) is 29.0 Å². The van der Waals surface area contributed by atoms with Crippen LogP contribution in [0.15, 0.2) is 18.2 Å². The second kappa shape index (κ2) is 4.79. The molecular formula is C11H12ClFN2O2. The zero-order chi connectivity index (χ0) is 12.4. The lowest BCUT2D eigenvalue weighted by atomic mass is 10.2. The highest BCUT2D eigenvalue weighted by Crippen LogP contribution is 2.23. The number of anilines is 1. The van der Waals surface area contributed by atoms with Crippen LogP contribution in [0, 0.1) is 5.82 Å². The van der Waals surface area contributed by atoms with Crippen molar-refractivity contribution in [1.82, 2.24) is 4.90 Å². The SMILES string of the molecule is O=C(O)N1CCC[C@H]1Nc1ccc(F)c(Cl)c1. The van der Waals surface area contributed by atoms with Gasteiger partial charge in [0.05, 0.1) is 5.02 Å². The van der Waals surface area contributed by atoms with Crippen LogP contribution < -0.4 is 5.32 Å². The minimum Gasteiger partial charge on any atom is -0.465 e. The van der Waals surface area contributed by atoms with Crippen molar-refractivity contribution < 1.29 is 14.3 Å². The third-order valence-electron chi connectivity index (χ3n) is 2.75. The Morgan fingerprint density at radius 2 is 2.35 bits per heavy atom. The topological polar surface area (TPSA) is 52.6 Å². The molecule has 1 atom stereocenters. The molecule has 0 bridgehead atoms.